The number of aryl methyl sites for hydroxylation is 1. The minimum atomic E-state index is -0.824. The van der Waals surface area contributed by atoms with Gasteiger partial charge in [-0.2, -0.15) is 0 Å². The van der Waals surface area contributed by atoms with Crippen LogP contribution in [0.25, 0.3) is 0 Å². The maximum Gasteiger partial charge on any atom is 0.414 e. The lowest BCUT2D eigenvalue weighted by atomic mass is 10.2. The highest BCUT2D eigenvalue weighted by atomic mass is 32.2. The maximum absolute atomic E-state index is 12.6. The zero-order chi connectivity index (χ0) is 18.7. The molecular weight excluding hydrogens is 376 g/mol. The molecule has 1 unspecified atom stereocenters. The third-order valence-corrected chi connectivity index (χ3v) is 5.52. The first-order chi connectivity index (χ1) is 12.5. The summed E-state index contributed by atoms with van der Waals surface area (Å²) in [5, 5.41) is 7.82. The molecule has 2 aromatic heterocycles. The molecule has 0 bridgehead atoms. The van der Waals surface area contributed by atoms with Gasteiger partial charge in [0, 0.05) is 16.0 Å². The topological polar surface area (TPSA) is 109 Å². The molecule has 2 aromatic rings. The maximum atomic E-state index is 12.6. The lowest BCUT2D eigenvalue weighted by Gasteiger charge is -2.11. The van der Waals surface area contributed by atoms with Gasteiger partial charge in [0.1, 0.15) is 5.00 Å². The third kappa shape index (κ3) is 3.97. The predicted molar refractivity (Wildman–Crippen MR) is 99.7 cm³/mol. The average Bonchev–Trinajstić information content (AvgIpc) is 3.18. The Hall–Kier alpha value is -2.59. The molecule has 26 heavy (non-hydrogen) atoms. The molecule has 8 nitrogen and oxygen atoms in total. The van der Waals surface area contributed by atoms with Crippen LogP contribution in [-0.4, -0.2) is 34.9 Å². The van der Waals surface area contributed by atoms with Crippen molar-refractivity contribution >= 4 is 51.7 Å². The number of carbonyl (C=O) groups is 3. The van der Waals surface area contributed by atoms with Crippen LogP contribution >= 0.6 is 23.1 Å². The second-order valence-electron chi connectivity index (χ2n) is 5.28. The molecule has 3 rings (SSSR count). The number of rotatable bonds is 4. The molecular formula is C16H16N4O4S2. The van der Waals surface area contributed by atoms with Gasteiger partial charge in [-0.3, -0.25) is 19.9 Å². The smallest absolute Gasteiger partial charge is 0.414 e. The summed E-state index contributed by atoms with van der Waals surface area (Å²) < 4.78 is 4.70. The summed E-state index contributed by atoms with van der Waals surface area (Å²) in [5.74, 6) is -0.916. The van der Waals surface area contributed by atoms with E-state index in [9.17, 15) is 14.4 Å². The molecule has 3 N–H and O–H groups in total. The largest absolute Gasteiger partial charge is 0.450 e. The van der Waals surface area contributed by atoms with E-state index in [0.29, 0.717) is 5.00 Å². The summed E-state index contributed by atoms with van der Waals surface area (Å²) in [6, 6.07) is 3.44. The van der Waals surface area contributed by atoms with Crippen molar-refractivity contribution in [2.75, 3.05) is 17.2 Å². The summed E-state index contributed by atoms with van der Waals surface area (Å²) in [5.41, 5.74) is 1.01. The highest BCUT2D eigenvalue weighted by Gasteiger charge is 2.29. The Kier molecular flexibility index (Phi) is 5.43. The van der Waals surface area contributed by atoms with E-state index >= 15 is 0 Å². The number of nitrogens with one attached hydrogen (secondary N) is 3. The molecule has 0 fully saturated rings. The number of thioether (sulfide) groups is 1. The van der Waals surface area contributed by atoms with Gasteiger partial charge in [0.2, 0.25) is 0 Å². The number of hydrogen-bond acceptors (Lipinski definition) is 8. The van der Waals surface area contributed by atoms with Crippen LogP contribution in [0.3, 0.4) is 0 Å². The van der Waals surface area contributed by atoms with Crippen molar-refractivity contribution in [1.29, 1.82) is 0 Å². The third-order valence-electron chi connectivity index (χ3n) is 3.38. The summed E-state index contributed by atoms with van der Waals surface area (Å²) >= 11 is 2.63. The van der Waals surface area contributed by atoms with Gasteiger partial charge >= 0.3 is 6.09 Å². The average molecular weight is 392 g/mol. The number of nitrogens with zero attached hydrogens (tertiary/aromatic N) is 1. The minimum Gasteiger partial charge on any atom is -0.450 e. The summed E-state index contributed by atoms with van der Waals surface area (Å²) in [7, 11) is 0. The van der Waals surface area contributed by atoms with Crippen LogP contribution in [0, 0.1) is 6.92 Å². The van der Waals surface area contributed by atoms with Crippen LogP contribution in [0.4, 0.5) is 15.5 Å². The molecule has 0 aliphatic carbocycles. The molecule has 1 aliphatic heterocycles. The molecule has 0 spiro atoms. The Balaban J connectivity index is 1.70. The number of fused-ring (bicyclic) bond motifs is 1. The lowest BCUT2D eigenvalue weighted by molar-refractivity contribution is -0.115. The van der Waals surface area contributed by atoms with Gasteiger partial charge in [-0.15, -0.1) is 11.3 Å². The standard InChI is InChI=1S/C16H16N4O4S2/c1-3-24-16(23)20-12(21)9-6-8(2)25-14(9)19-13(22)15-18-10-7-17-5-4-11(10)26-15/h4-7,15,18H,3H2,1-2H3,(H,19,22)(H,20,21,23). The SMILES string of the molecule is CCOC(=O)NC(=O)c1cc(C)sc1NC(=O)C1Nc2cnccc2S1. The zero-order valence-electron chi connectivity index (χ0n) is 14.0. The van der Waals surface area contributed by atoms with Crippen LogP contribution in [0.1, 0.15) is 22.2 Å². The second kappa shape index (κ2) is 7.75. The van der Waals surface area contributed by atoms with E-state index in [1.54, 1.807) is 25.4 Å². The molecule has 0 saturated carbocycles. The lowest BCUT2D eigenvalue weighted by Crippen LogP contribution is -2.32. The first-order valence-electron chi connectivity index (χ1n) is 7.74. The highest BCUT2D eigenvalue weighted by Crippen LogP contribution is 2.38. The van der Waals surface area contributed by atoms with Crippen molar-refractivity contribution in [2.24, 2.45) is 0 Å². The van der Waals surface area contributed by atoms with Gasteiger partial charge in [0.05, 0.1) is 24.1 Å². The van der Waals surface area contributed by atoms with Gasteiger partial charge in [-0.25, -0.2) is 4.79 Å². The van der Waals surface area contributed by atoms with Crippen LogP contribution in [-0.2, 0) is 9.53 Å². The fraction of sp³-hybridized carbons (Fsp3) is 0.250. The van der Waals surface area contributed by atoms with E-state index < -0.39 is 17.4 Å². The number of pyridine rings is 1. The van der Waals surface area contributed by atoms with E-state index in [2.05, 4.69) is 20.9 Å². The van der Waals surface area contributed by atoms with Gasteiger partial charge in [0.25, 0.3) is 11.8 Å². The number of carbonyl (C=O) groups excluding carboxylic acids is 3. The van der Waals surface area contributed by atoms with Crippen molar-refractivity contribution in [1.82, 2.24) is 10.3 Å². The second-order valence-corrected chi connectivity index (χ2v) is 7.68. The van der Waals surface area contributed by atoms with Gasteiger partial charge in [-0.05, 0) is 26.0 Å². The summed E-state index contributed by atoms with van der Waals surface area (Å²) in [4.78, 5) is 42.0. The molecule has 10 heteroatoms. The number of thiophene rings is 1. The Labute approximate surface area is 157 Å². The van der Waals surface area contributed by atoms with E-state index in [0.717, 1.165) is 15.5 Å². The monoisotopic (exact) mass is 392 g/mol. The van der Waals surface area contributed by atoms with Crippen LogP contribution in [0.5, 0.6) is 0 Å². The molecule has 3 amide bonds. The number of amides is 3. The molecule has 1 atom stereocenters. The van der Waals surface area contributed by atoms with E-state index in [1.807, 2.05) is 13.0 Å². The molecule has 136 valence electrons. The molecule has 0 aromatic carbocycles. The van der Waals surface area contributed by atoms with Gasteiger partial charge < -0.3 is 15.4 Å². The molecule has 0 radical (unpaired) electrons. The van der Waals surface area contributed by atoms with Gasteiger partial charge in [0.15, 0.2) is 5.37 Å². The number of hydrogen-bond donors (Lipinski definition) is 3. The van der Waals surface area contributed by atoms with Crippen LogP contribution in [0.15, 0.2) is 29.4 Å². The Morgan fingerprint density at radius 1 is 1.38 bits per heavy atom. The fourth-order valence-electron chi connectivity index (χ4n) is 2.29. The number of anilines is 2. The number of ether oxygens (including phenoxy) is 1. The first kappa shape index (κ1) is 18.2. The van der Waals surface area contributed by atoms with Crippen molar-refractivity contribution in [2.45, 2.75) is 24.1 Å². The first-order valence-corrected chi connectivity index (χ1v) is 9.44. The van der Waals surface area contributed by atoms with E-state index in [-0.39, 0.29) is 18.1 Å². The van der Waals surface area contributed by atoms with Crippen molar-refractivity contribution in [3.8, 4) is 0 Å². The number of alkyl carbamates (subject to hydrolysis) is 1. The summed E-state index contributed by atoms with van der Waals surface area (Å²) in [6.07, 6.45) is 2.49. The summed E-state index contributed by atoms with van der Waals surface area (Å²) in [6.45, 7) is 3.61. The zero-order valence-corrected chi connectivity index (χ0v) is 15.6. The van der Waals surface area contributed by atoms with Crippen molar-refractivity contribution in [3.63, 3.8) is 0 Å². The van der Waals surface area contributed by atoms with Crippen molar-refractivity contribution < 1.29 is 19.1 Å². The minimum absolute atomic E-state index is 0.158. The van der Waals surface area contributed by atoms with Gasteiger partial charge in [-0.1, -0.05) is 11.8 Å². The van der Waals surface area contributed by atoms with E-state index in [4.69, 9.17) is 4.74 Å². The molecule has 3 heterocycles. The number of imide groups is 1. The van der Waals surface area contributed by atoms with E-state index in [1.165, 1.54) is 23.1 Å². The molecule has 0 saturated heterocycles. The van der Waals surface area contributed by atoms with Crippen LogP contribution < -0.4 is 16.0 Å². The number of aromatic nitrogens is 1. The Morgan fingerprint density at radius 2 is 2.19 bits per heavy atom. The fourth-order valence-corrected chi connectivity index (χ4v) is 4.19. The Bertz CT molecular complexity index is 843. The predicted octanol–water partition coefficient (Wildman–Crippen LogP) is 2.82. The highest BCUT2D eigenvalue weighted by molar-refractivity contribution is 8.01. The normalized spacial score (nSPS) is 14.9. The van der Waals surface area contributed by atoms with Crippen molar-refractivity contribution in [3.05, 3.63) is 35.0 Å². The molecule has 1 aliphatic rings. The quantitative estimate of drug-likeness (QED) is 0.734. The Morgan fingerprint density at radius 3 is 2.92 bits per heavy atom. The van der Waals surface area contributed by atoms with Crippen LogP contribution in [0.2, 0.25) is 0 Å².